The van der Waals surface area contributed by atoms with Gasteiger partial charge in [0.2, 0.25) is 0 Å². The number of benzene rings is 1. The second-order valence-electron chi connectivity index (χ2n) is 2.61. The second-order valence-corrected chi connectivity index (χ2v) is 2.61. The van der Waals surface area contributed by atoms with Crippen LogP contribution >= 0.6 is 0 Å². The highest BCUT2D eigenvalue weighted by Crippen LogP contribution is 2.21. The van der Waals surface area contributed by atoms with Crippen molar-refractivity contribution < 1.29 is 9.84 Å². The minimum absolute atomic E-state index is 0.00732. The Morgan fingerprint density at radius 2 is 2.25 bits per heavy atom. The molecule has 0 unspecified atom stereocenters. The number of ether oxygens (including phenoxy) is 1. The van der Waals surface area contributed by atoms with Crippen molar-refractivity contribution in [2.75, 3.05) is 18.9 Å². The molecule has 0 heterocycles. The van der Waals surface area contributed by atoms with Crippen LogP contribution in [0.4, 0.5) is 5.69 Å². The summed E-state index contributed by atoms with van der Waals surface area (Å²) in [6.07, 6.45) is 0. The number of aliphatic hydroxyl groups is 1. The van der Waals surface area contributed by atoms with Crippen molar-refractivity contribution in [1.82, 2.24) is 0 Å². The van der Waals surface area contributed by atoms with E-state index in [1.54, 1.807) is 6.07 Å². The fourth-order valence-corrected chi connectivity index (χ4v) is 0.922. The Labute approximate surface area is 71.8 Å². The van der Waals surface area contributed by atoms with Crippen molar-refractivity contribution in [1.29, 1.82) is 0 Å². The third-order valence-electron chi connectivity index (χ3n) is 1.52. The van der Waals surface area contributed by atoms with Gasteiger partial charge in [-0.1, -0.05) is 6.07 Å². The normalized spacial score (nSPS) is 9.83. The predicted molar refractivity (Wildman–Crippen MR) is 48.2 cm³/mol. The predicted octanol–water partition coefficient (Wildman–Crippen LogP) is 0.948. The van der Waals surface area contributed by atoms with Crippen LogP contribution < -0.4 is 10.5 Å². The number of nitrogen functional groups attached to an aromatic ring is 1. The van der Waals surface area contributed by atoms with Gasteiger partial charge in [-0.15, -0.1) is 0 Å². The van der Waals surface area contributed by atoms with Crippen molar-refractivity contribution in [2.45, 2.75) is 6.92 Å². The van der Waals surface area contributed by atoms with Crippen LogP contribution in [-0.2, 0) is 0 Å². The Balaban J connectivity index is 2.75. The molecule has 66 valence electrons. The lowest BCUT2D eigenvalue weighted by Crippen LogP contribution is -2.03. The van der Waals surface area contributed by atoms with E-state index in [4.69, 9.17) is 15.6 Å². The quantitative estimate of drug-likeness (QED) is 0.659. The average molecular weight is 167 g/mol. The van der Waals surface area contributed by atoms with E-state index in [0.29, 0.717) is 11.4 Å². The first-order valence-electron chi connectivity index (χ1n) is 3.84. The molecule has 0 amide bonds. The van der Waals surface area contributed by atoms with Crippen molar-refractivity contribution in [3.8, 4) is 5.75 Å². The summed E-state index contributed by atoms with van der Waals surface area (Å²) in [4.78, 5) is 0. The van der Waals surface area contributed by atoms with Gasteiger partial charge in [-0.2, -0.15) is 0 Å². The van der Waals surface area contributed by atoms with Crippen molar-refractivity contribution >= 4 is 5.69 Å². The van der Waals surface area contributed by atoms with Gasteiger partial charge in [-0.25, -0.2) is 0 Å². The standard InChI is InChI=1S/C9H13NO2/c1-7-2-3-8(10)9(6-7)12-5-4-11/h2-3,6,11H,4-5,10H2,1H3. The average Bonchev–Trinajstić information content (AvgIpc) is 2.07. The van der Waals surface area contributed by atoms with Gasteiger partial charge in [0.25, 0.3) is 0 Å². The summed E-state index contributed by atoms with van der Waals surface area (Å²) in [6.45, 7) is 2.26. The molecule has 1 aromatic carbocycles. The first-order valence-corrected chi connectivity index (χ1v) is 3.84. The van der Waals surface area contributed by atoms with Crippen LogP contribution in [0.5, 0.6) is 5.75 Å². The number of rotatable bonds is 3. The Kier molecular flexibility index (Phi) is 2.94. The highest BCUT2D eigenvalue weighted by Gasteiger charge is 1.98. The van der Waals surface area contributed by atoms with Crippen LogP contribution in [-0.4, -0.2) is 18.3 Å². The molecule has 0 saturated carbocycles. The summed E-state index contributed by atoms with van der Waals surface area (Å²) < 4.78 is 5.19. The summed E-state index contributed by atoms with van der Waals surface area (Å²) >= 11 is 0. The highest BCUT2D eigenvalue weighted by molar-refractivity contribution is 5.53. The first-order chi connectivity index (χ1) is 5.74. The van der Waals surface area contributed by atoms with Gasteiger partial charge in [0, 0.05) is 0 Å². The number of anilines is 1. The van der Waals surface area contributed by atoms with E-state index >= 15 is 0 Å². The zero-order valence-corrected chi connectivity index (χ0v) is 7.08. The molecule has 1 rings (SSSR count). The molecular weight excluding hydrogens is 154 g/mol. The lowest BCUT2D eigenvalue weighted by atomic mass is 10.2. The van der Waals surface area contributed by atoms with Gasteiger partial charge in [0.05, 0.1) is 12.3 Å². The van der Waals surface area contributed by atoms with E-state index in [1.807, 2.05) is 19.1 Å². The summed E-state index contributed by atoms with van der Waals surface area (Å²) in [7, 11) is 0. The Hall–Kier alpha value is -1.22. The zero-order chi connectivity index (χ0) is 8.97. The third-order valence-corrected chi connectivity index (χ3v) is 1.52. The highest BCUT2D eigenvalue weighted by atomic mass is 16.5. The van der Waals surface area contributed by atoms with Gasteiger partial charge in [-0.05, 0) is 24.6 Å². The Bertz CT molecular complexity index is 261. The lowest BCUT2D eigenvalue weighted by molar-refractivity contribution is 0.202. The van der Waals surface area contributed by atoms with E-state index in [9.17, 15) is 0 Å². The number of aryl methyl sites for hydroxylation is 1. The topological polar surface area (TPSA) is 55.5 Å². The lowest BCUT2D eigenvalue weighted by Gasteiger charge is -2.07. The van der Waals surface area contributed by atoms with Crippen molar-refractivity contribution in [2.24, 2.45) is 0 Å². The smallest absolute Gasteiger partial charge is 0.142 e. The molecule has 0 bridgehead atoms. The molecule has 0 aliphatic heterocycles. The molecule has 0 saturated heterocycles. The van der Waals surface area contributed by atoms with Gasteiger partial charge in [-0.3, -0.25) is 0 Å². The number of nitrogens with two attached hydrogens (primary N) is 1. The van der Waals surface area contributed by atoms with Crippen LogP contribution in [0.1, 0.15) is 5.56 Å². The summed E-state index contributed by atoms with van der Waals surface area (Å²) in [6, 6.07) is 5.56. The van der Waals surface area contributed by atoms with E-state index in [2.05, 4.69) is 0 Å². The summed E-state index contributed by atoms with van der Waals surface area (Å²) in [5.41, 5.74) is 7.32. The summed E-state index contributed by atoms with van der Waals surface area (Å²) in [5.74, 6) is 0.643. The minimum Gasteiger partial charge on any atom is -0.489 e. The van der Waals surface area contributed by atoms with E-state index in [0.717, 1.165) is 5.56 Å². The van der Waals surface area contributed by atoms with E-state index in [1.165, 1.54) is 0 Å². The molecule has 0 atom stereocenters. The molecule has 0 fully saturated rings. The fourth-order valence-electron chi connectivity index (χ4n) is 0.922. The monoisotopic (exact) mass is 167 g/mol. The molecule has 0 spiro atoms. The first kappa shape index (κ1) is 8.87. The van der Waals surface area contributed by atoms with Crippen LogP contribution in [0.25, 0.3) is 0 Å². The molecular formula is C9H13NO2. The number of hydrogen-bond acceptors (Lipinski definition) is 3. The molecule has 0 aliphatic carbocycles. The maximum absolute atomic E-state index is 8.52. The number of aliphatic hydroxyl groups excluding tert-OH is 1. The van der Waals surface area contributed by atoms with E-state index < -0.39 is 0 Å². The fraction of sp³-hybridized carbons (Fsp3) is 0.333. The molecule has 0 aliphatic rings. The maximum Gasteiger partial charge on any atom is 0.142 e. The van der Waals surface area contributed by atoms with Crippen LogP contribution in [0, 0.1) is 6.92 Å². The third kappa shape index (κ3) is 2.13. The van der Waals surface area contributed by atoms with Crippen LogP contribution in [0.15, 0.2) is 18.2 Å². The SMILES string of the molecule is Cc1ccc(N)c(OCCO)c1. The summed E-state index contributed by atoms with van der Waals surface area (Å²) in [5, 5.41) is 8.52. The molecule has 3 N–H and O–H groups in total. The van der Waals surface area contributed by atoms with Gasteiger partial charge in [0.15, 0.2) is 0 Å². The van der Waals surface area contributed by atoms with Gasteiger partial charge >= 0.3 is 0 Å². The van der Waals surface area contributed by atoms with Crippen molar-refractivity contribution in [3.63, 3.8) is 0 Å². The zero-order valence-electron chi connectivity index (χ0n) is 7.08. The van der Waals surface area contributed by atoms with Crippen LogP contribution in [0.3, 0.4) is 0 Å². The van der Waals surface area contributed by atoms with Crippen molar-refractivity contribution in [3.05, 3.63) is 23.8 Å². The largest absolute Gasteiger partial charge is 0.489 e. The molecule has 0 radical (unpaired) electrons. The number of hydrogen-bond donors (Lipinski definition) is 2. The Morgan fingerprint density at radius 1 is 1.50 bits per heavy atom. The van der Waals surface area contributed by atoms with Gasteiger partial charge in [0.1, 0.15) is 12.4 Å². The molecule has 1 aromatic rings. The molecule has 3 nitrogen and oxygen atoms in total. The Morgan fingerprint density at radius 3 is 2.92 bits per heavy atom. The van der Waals surface area contributed by atoms with E-state index in [-0.39, 0.29) is 13.2 Å². The molecule has 3 heteroatoms. The molecule has 12 heavy (non-hydrogen) atoms. The maximum atomic E-state index is 8.52. The molecule has 0 aromatic heterocycles. The van der Waals surface area contributed by atoms with Gasteiger partial charge < -0.3 is 15.6 Å². The second kappa shape index (κ2) is 3.97. The minimum atomic E-state index is 0.00732. The van der Waals surface area contributed by atoms with Crippen LogP contribution in [0.2, 0.25) is 0 Å².